The Kier molecular flexibility index (Phi) is 5.89. The zero-order valence-corrected chi connectivity index (χ0v) is 17.7. The van der Waals surface area contributed by atoms with Crippen LogP contribution in [0.2, 0.25) is 0 Å². The molecule has 1 aliphatic rings. The van der Waals surface area contributed by atoms with E-state index >= 15 is 0 Å². The van der Waals surface area contributed by atoms with Gasteiger partial charge < -0.3 is 19.5 Å². The number of hydrogen-bond acceptors (Lipinski definition) is 6. The number of aliphatic hydroxyl groups excluding tert-OH is 1. The highest BCUT2D eigenvalue weighted by Gasteiger charge is 2.46. The molecule has 1 saturated heterocycles. The molecule has 1 fully saturated rings. The van der Waals surface area contributed by atoms with Crippen molar-refractivity contribution in [1.29, 1.82) is 0 Å². The minimum absolute atomic E-state index is 0.0143. The van der Waals surface area contributed by atoms with Crippen molar-refractivity contribution in [3.8, 4) is 11.5 Å². The molecule has 3 aromatic rings. The van der Waals surface area contributed by atoms with Crippen LogP contribution in [0.25, 0.3) is 5.76 Å². The third-order valence-corrected chi connectivity index (χ3v) is 5.37. The first-order chi connectivity index (χ1) is 15.5. The van der Waals surface area contributed by atoms with E-state index < -0.39 is 17.7 Å². The fourth-order valence-corrected chi connectivity index (χ4v) is 3.82. The lowest BCUT2D eigenvalue weighted by molar-refractivity contribution is -0.140. The summed E-state index contributed by atoms with van der Waals surface area (Å²) in [5.41, 5.74) is 1.82. The predicted octanol–water partition coefficient (Wildman–Crippen LogP) is 3.72. The summed E-state index contributed by atoms with van der Waals surface area (Å²) in [6.07, 6.45) is 3.28. The minimum atomic E-state index is -0.795. The second-order valence-electron chi connectivity index (χ2n) is 7.30. The van der Waals surface area contributed by atoms with Crippen LogP contribution in [-0.2, 0) is 16.1 Å². The zero-order valence-electron chi connectivity index (χ0n) is 17.7. The third kappa shape index (κ3) is 3.92. The maximum absolute atomic E-state index is 13.1. The number of amides is 1. The lowest BCUT2D eigenvalue weighted by Gasteiger charge is -2.25. The van der Waals surface area contributed by atoms with Crippen molar-refractivity contribution in [2.45, 2.75) is 12.6 Å². The molecule has 162 valence electrons. The van der Waals surface area contributed by atoms with Crippen LogP contribution in [-0.4, -0.2) is 40.9 Å². The Morgan fingerprint density at radius 3 is 2.41 bits per heavy atom. The normalized spacial score (nSPS) is 17.4. The van der Waals surface area contributed by atoms with Crippen LogP contribution in [0, 0.1) is 0 Å². The number of ether oxygens (including phenoxy) is 2. The monoisotopic (exact) mass is 430 g/mol. The molecule has 2 aromatic carbocycles. The summed E-state index contributed by atoms with van der Waals surface area (Å²) in [5, 5.41) is 11.2. The van der Waals surface area contributed by atoms with Crippen LogP contribution in [0.3, 0.4) is 0 Å². The molecule has 1 atom stereocenters. The molecule has 0 spiro atoms. The molecule has 1 aromatic heterocycles. The molecule has 0 bridgehead atoms. The van der Waals surface area contributed by atoms with Crippen molar-refractivity contribution in [2.75, 3.05) is 14.2 Å². The van der Waals surface area contributed by atoms with E-state index in [2.05, 4.69) is 4.98 Å². The number of carbonyl (C=O) groups is 2. The van der Waals surface area contributed by atoms with Crippen molar-refractivity contribution in [2.24, 2.45) is 0 Å². The number of carbonyl (C=O) groups excluding carboxylic acids is 2. The summed E-state index contributed by atoms with van der Waals surface area (Å²) >= 11 is 0. The molecule has 0 aliphatic carbocycles. The average Bonchev–Trinajstić information content (AvgIpc) is 3.09. The Morgan fingerprint density at radius 2 is 1.72 bits per heavy atom. The Hall–Kier alpha value is -4.13. The number of likely N-dealkylation sites (tertiary alicyclic amines) is 1. The topological polar surface area (TPSA) is 89.0 Å². The summed E-state index contributed by atoms with van der Waals surface area (Å²) in [4.78, 5) is 31.7. The number of rotatable bonds is 6. The average molecular weight is 430 g/mol. The van der Waals surface area contributed by atoms with Gasteiger partial charge >= 0.3 is 0 Å². The zero-order chi connectivity index (χ0) is 22.7. The van der Waals surface area contributed by atoms with Crippen molar-refractivity contribution < 1.29 is 24.2 Å². The summed E-state index contributed by atoms with van der Waals surface area (Å²) < 4.78 is 10.6. The summed E-state index contributed by atoms with van der Waals surface area (Å²) in [7, 11) is 3.06. The van der Waals surface area contributed by atoms with Gasteiger partial charge in [0.05, 0.1) is 25.8 Å². The van der Waals surface area contributed by atoms with Crippen molar-refractivity contribution in [3.63, 3.8) is 0 Å². The quantitative estimate of drug-likeness (QED) is 0.364. The molecule has 2 heterocycles. The maximum Gasteiger partial charge on any atom is 0.295 e. The van der Waals surface area contributed by atoms with Gasteiger partial charge in [-0.2, -0.15) is 0 Å². The van der Waals surface area contributed by atoms with E-state index in [4.69, 9.17) is 9.47 Å². The van der Waals surface area contributed by atoms with Crippen molar-refractivity contribution in [3.05, 3.63) is 95.3 Å². The fraction of sp³-hybridized carbons (Fsp3) is 0.160. The molecule has 1 aliphatic heterocycles. The third-order valence-electron chi connectivity index (χ3n) is 5.37. The van der Waals surface area contributed by atoms with Crippen LogP contribution in [0.5, 0.6) is 11.5 Å². The number of Topliss-reactive ketones (excluding diaryl/α,β-unsaturated/α-hetero) is 1. The van der Waals surface area contributed by atoms with Gasteiger partial charge in [0.1, 0.15) is 17.3 Å². The molecule has 1 amide bonds. The Balaban J connectivity index is 1.88. The number of ketones is 1. The number of aromatic nitrogens is 1. The molecule has 0 saturated carbocycles. The van der Waals surface area contributed by atoms with E-state index in [1.807, 2.05) is 6.07 Å². The number of aliphatic hydroxyl groups is 1. The molecule has 4 rings (SSSR count). The Bertz CT molecular complexity index is 1190. The smallest absolute Gasteiger partial charge is 0.295 e. The standard InChI is InChI=1S/C25H22N2O5/c1-31-19-9-3-7-17(12-19)22-21(23(28)18-8-4-10-20(13-18)32-2)24(29)25(30)27(22)15-16-6-5-11-26-14-16/h3-14,22,28H,15H2,1-2H3/t22-/m1/s1. The molecular weight excluding hydrogens is 408 g/mol. The van der Waals surface area contributed by atoms with Crippen LogP contribution < -0.4 is 9.47 Å². The van der Waals surface area contributed by atoms with Gasteiger partial charge in [-0.1, -0.05) is 30.3 Å². The first kappa shape index (κ1) is 21.1. The van der Waals surface area contributed by atoms with Crippen LogP contribution in [0.4, 0.5) is 0 Å². The first-order valence-corrected chi connectivity index (χ1v) is 9.99. The number of methoxy groups -OCH3 is 2. The van der Waals surface area contributed by atoms with Crippen LogP contribution in [0.1, 0.15) is 22.7 Å². The van der Waals surface area contributed by atoms with Gasteiger partial charge in [0.2, 0.25) is 0 Å². The lowest BCUT2D eigenvalue weighted by Crippen LogP contribution is -2.29. The first-order valence-electron chi connectivity index (χ1n) is 9.99. The van der Waals surface area contributed by atoms with Crippen molar-refractivity contribution >= 4 is 17.4 Å². The van der Waals surface area contributed by atoms with E-state index in [0.29, 0.717) is 22.6 Å². The second-order valence-corrected chi connectivity index (χ2v) is 7.30. The van der Waals surface area contributed by atoms with Gasteiger partial charge in [0, 0.05) is 24.5 Å². The highest BCUT2D eigenvalue weighted by molar-refractivity contribution is 6.46. The van der Waals surface area contributed by atoms with E-state index in [0.717, 1.165) is 5.56 Å². The fourth-order valence-electron chi connectivity index (χ4n) is 3.82. The largest absolute Gasteiger partial charge is 0.507 e. The summed E-state index contributed by atoms with van der Waals surface area (Å²) in [6.45, 7) is 0.162. The van der Waals surface area contributed by atoms with Gasteiger partial charge in [-0.3, -0.25) is 14.6 Å². The molecular formula is C25H22N2O5. The Labute approximate surface area is 185 Å². The SMILES string of the molecule is COc1cccc(C(O)=C2C(=O)C(=O)N(Cc3cccnc3)[C@@H]2c2cccc(OC)c2)c1. The lowest BCUT2D eigenvalue weighted by atomic mass is 9.95. The highest BCUT2D eigenvalue weighted by Crippen LogP contribution is 2.41. The maximum atomic E-state index is 13.1. The number of hydrogen-bond donors (Lipinski definition) is 1. The second kappa shape index (κ2) is 8.93. The van der Waals surface area contributed by atoms with E-state index in [1.165, 1.54) is 12.0 Å². The van der Waals surface area contributed by atoms with Gasteiger partial charge in [-0.05, 0) is 41.5 Å². The summed E-state index contributed by atoms with van der Waals surface area (Å²) in [6, 6.07) is 16.6. The van der Waals surface area contributed by atoms with Gasteiger partial charge in [-0.25, -0.2) is 0 Å². The number of pyridine rings is 1. The minimum Gasteiger partial charge on any atom is -0.507 e. The van der Waals surface area contributed by atoms with E-state index in [9.17, 15) is 14.7 Å². The van der Waals surface area contributed by atoms with Gasteiger partial charge in [-0.15, -0.1) is 0 Å². The molecule has 7 heteroatoms. The van der Waals surface area contributed by atoms with Crippen LogP contribution >= 0.6 is 0 Å². The summed E-state index contributed by atoms with van der Waals surface area (Å²) in [5.74, 6) is -0.593. The number of nitrogens with zero attached hydrogens (tertiary/aromatic N) is 2. The van der Waals surface area contributed by atoms with E-state index in [-0.39, 0.29) is 17.9 Å². The molecule has 7 nitrogen and oxygen atoms in total. The van der Waals surface area contributed by atoms with Gasteiger partial charge in [0.25, 0.3) is 11.7 Å². The van der Waals surface area contributed by atoms with Crippen molar-refractivity contribution in [1.82, 2.24) is 9.88 Å². The molecule has 0 radical (unpaired) electrons. The Morgan fingerprint density at radius 1 is 1.00 bits per heavy atom. The predicted molar refractivity (Wildman–Crippen MR) is 118 cm³/mol. The number of benzene rings is 2. The van der Waals surface area contributed by atoms with Gasteiger partial charge in [0.15, 0.2) is 0 Å². The van der Waals surface area contributed by atoms with E-state index in [1.54, 1.807) is 74.1 Å². The molecule has 1 N–H and O–H groups in total. The molecule has 32 heavy (non-hydrogen) atoms. The highest BCUT2D eigenvalue weighted by atomic mass is 16.5. The molecule has 0 unspecified atom stereocenters. The van der Waals surface area contributed by atoms with Crippen LogP contribution in [0.15, 0.2) is 78.6 Å².